The summed E-state index contributed by atoms with van der Waals surface area (Å²) in [7, 11) is 0. The molecule has 3 aromatic heterocycles. The van der Waals surface area contributed by atoms with Crippen LogP contribution in [0.15, 0.2) is 188 Å². The van der Waals surface area contributed by atoms with Crippen LogP contribution in [0.5, 0.6) is 11.5 Å². The van der Waals surface area contributed by atoms with Gasteiger partial charge in [-0.15, -0.1) is 0 Å². The van der Waals surface area contributed by atoms with Gasteiger partial charge < -0.3 is 0 Å². The summed E-state index contributed by atoms with van der Waals surface area (Å²) in [5.41, 5.74) is 20.4. The molecular weight excluding hydrogens is 1040 g/mol. The Labute approximate surface area is 419 Å². The van der Waals surface area contributed by atoms with Gasteiger partial charge in [0.15, 0.2) is 0 Å². The molecule has 0 radical (unpaired) electrons. The van der Waals surface area contributed by atoms with Gasteiger partial charge in [-0.2, -0.15) is 0 Å². The molecule has 0 aliphatic heterocycles. The minimum atomic E-state index is -0.456. The fourth-order valence-corrected chi connectivity index (χ4v) is 12.7. The summed E-state index contributed by atoms with van der Waals surface area (Å²) < 4.78 is 15.1. The Hall–Kier alpha value is -7.33. The molecule has 0 N–H and O–H groups in total. The summed E-state index contributed by atoms with van der Waals surface area (Å²) in [5.74, 6) is 2.39. The number of fused-ring (bicyclic) bond motifs is 14. The summed E-state index contributed by atoms with van der Waals surface area (Å²) in [5, 5.41) is 2.33. The molecule has 344 valence electrons. The Morgan fingerprint density at radius 2 is 1.00 bits per heavy atom. The van der Waals surface area contributed by atoms with E-state index >= 15 is 0 Å². The fourth-order valence-electron chi connectivity index (χ4n) is 11.6. The zero-order chi connectivity index (χ0) is 47.8. The molecule has 13 rings (SSSR count). The van der Waals surface area contributed by atoms with Crippen molar-refractivity contribution in [2.45, 2.75) is 64.7 Å². The van der Waals surface area contributed by atoms with Gasteiger partial charge in [0.2, 0.25) is 0 Å². The van der Waals surface area contributed by atoms with Gasteiger partial charge >= 0.3 is 275 Å². The molecule has 70 heavy (non-hydrogen) atoms. The van der Waals surface area contributed by atoms with Gasteiger partial charge in [0.05, 0.1) is 5.41 Å². The van der Waals surface area contributed by atoms with Crippen molar-refractivity contribution in [3.05, 3.63) is 231 Å². The van der Waals surface area contributed by atoms with Crippen LogP contribution in [-0.4, -0.2) is 18.7 Å². The molecule has 0 unspecified atom stereocenters. The van der Waals surface area contributed by atoms with E-state index in [1.807, 2.05) is 6.20 Å². The second kappa shape index (κ2) is 15.3. The number of hydrogen-bond donors (Lipinski definition) is 0. The van der Waals surface area contributed by atoms with E-state index in [9.17, 15) is 0 Å². The van der Waals surface area contributed by atoms with Gasteiger partial charge in [-0.1, -0.05) is 72.8 Å². The van der Waals surface area contributed by atoms with Crippen LogP contribution in [0.25, 0.3) is 72.3 Å². The SMILES string of the molecule is Cc1ccnc(-n2c3cc(Oc4cccc(-n5[c](=[Pt])n(-c6cc(C(C)(C)C)cc(C(C)(C)C)c6)c6ccccc65)c4)ccc3c3cc4c(cc32)C2(c3ccccc3-c3ccccc32)c2ccccc2-4)c1. The second-order valence-corrected chi connectivity index (χ2v) is 22.3. The van der Waals surface area contributed by atoms with Crippen molar-refractivity contribution >= 4 is 32.8 Å². The van der Waals surface area contributed by atoms with Crippen molar-refractivity contribution in [1.82, 2.24) is 18.7 Å². The van der Waals surface area contributed by atoms with E-state index < -0.39 is 5.41 Å². The molecule has 0 fully saturated rings. The van der Waals surface area contributed by atoms with E-state index in [0.717, 1.165) is 59.8 Å². The Morgan fingerprint density at radius 3 is 1.61 bits per heavy atom. The first-order valence-corrected chi connectivity index (χ1v) is 25.4. The van der Waals surface area contributed by atoms with E-state index in [-0.39, 0.29) is 10.8 Å². The second-order valence-electron chi connectivity index (χ2n) is 21.3. The molecule has 2 aliphatic rings. The molecule has 0 bridgehead atoms. The number of aromatic nitrogens is 4. The van der Waals surface area contributed by atoms with Crippen molar-refractivity contribution in [2.24, 2.45) is 0 Å². The van der Waals surface area contributed by atoms with Crippen molar-refractivity contribution in [1.29, 1.82) is 0 Å². The number of pyridine rings is 1. The number of benzene rings is 8. The van der Waals surface area contributed by atoms with Crippen LogP contribution in [0.4, 0.5) is 0 Å². The molecule has 0 amide bonds. The smallest absolute Gasteiger partial charge is 0.0619 e. The summed E-state index contributed by atoms with van der Waals surface area (Å²) in [6.45, 7) is 15.9. The molecule has 5 nitrogen and oxygen atoms in total. The average Bonchev–Trinajstić information content (AvgIpc) is 4.03. The number of aryl methyl sites for hydroxylation is 1. The van der Waals surface area contributed by atoms with Crippen molar-refractivity contribution in [2.75, 3.05) is 0 Å². The number of hydrogen-bond acceptors (Lipinski definition) is 2. The van der Waals surface area contributed by atoms with Crippen LogP contribution in [0.1, 0.15) is 80.5 Å². The number of ether oxygens (including phenoxy) is 1. The molecule has 3 heterocycles. The van der Waals surface area contributed by atoms with Crippen molar-refractivity contribution in [3.8, 4) is 50.9 Å². The molecule has 0 saturated carbocycles. The number of rotatable bonds is 5. The molecule has 6 heteroatoms. The maximum absolute atomic E-state index is 6.93. The van der Waals surface area contributed by atoms with Gasteiger partial charge in [-0.25, -0.2) is 0 Å². The molecule has 8 aromatic carbocycles. The third kappa shape index (κ3) is 6.27. The monoisotopic (exact) mass is 1090 g/mol. The van der Waals surface area contributed by atoms with Crippen LogP contribution in [0.2, 0.25) is 0 Å². The fraction of sp³-hybridized carbons (Fsp3) is 0.156. The summed E-state index contributed by atoms with van der Waals surface area (Å²) >= 11 is 2.51. The average molecular weight is 1090 g/mol. The molecule has 11 aromatic rings. The van der Waals surface area contributed by atoms with Crippen molar-refractivity contribution < 1.29 is 24.1 Å². The Morgan fingerprint density at radius 1 is 0.443 bits per heavy atom. The van der Waals surface area contributed by atoms with E-state index in [1.165, 1.54) is 66.7 Å². The Bertz CT molecular complexity index is 3980. The van der Waals surface area contributed by atoms with Gasteiger partial charge in [-0.3, -0.25) is 0 Å². The van der Waals surface area contributed by atoms with Gasteiger partial charge in [0.25, 0.3) is 0 Å². The van der Waals surface area contributed by atoms with Gasteiger partial charge in [-0.05, 0) is 63.1 Å². The molecule has 2 aliphatic carbocycles. The first kappa shape index (κ1) is 42.7. The third-order valence-corrected chi connectivity index (χ3v) is 15.9. The van der Waals surface area contributed by atoms with Crippen LogP contribution in [-0.2, 0) is 35.6 Å². The zero-order valence-electron chi connectivity index (χ0n) is 40.4. The normalized spacial score (nSPS) is 13.6. The quantitative estimate of drug-likeness (QED) is 0.172. The van der Waals surface area contributed by atoms with Crippen LogP contribution in [0.3, 0.4) is 0 Å². The first-order valence-electron chi connectivity index (χ1n) is 24.3. The van der Waals surface area contributed by atoms with E-state index in [0.29, 0.717) is 0 Å². The molecule has 0 saturated heterocycles. The molecule has 0 atom stereocenters. The predicted octanol–water partition coefficient (Wildman–Crippen LogP) is 16.0. The van der Waals surface area contributed by atoms with Crippen LogP contribution < -0.4 is 4.74 Å². The van der Waals surface area contributed by atoms with E-state index in [2.05, 4.69) is 264 Å². The topological polar surface area (TPSA) is 36.9 Å². The van der Waals surface area contributed by atoms with E-state index in [1.54, 1.807) is 0 Å². The maximum atomic E-state index is 6.93. The van der Waals surface area contributed by atoms with Crippen LogP contribution in [0, 0.1) is 10.7 Å². The van der Waals surface area contributed by atoms with Gasteiger partial charge in [0, 0.05) is 6.20 Å². The number of imidazole rings is 1. The predicted molar refractivity (Wildman–Crippen MR) is 283 cm³/mol. The van der Waals surface area contributed by atoms with E-state index in [4.69, 9.17) is 9.72 Å². The summed E-state index contributed by atoms with van der Waals surface area (Å²) in [4.78, 5) is 5.04. The Kier molecular flexibility index (Phi) is 9.36. The summed E-state index contributed by atoms with van der Waals surface area (Å²) in [6.07, 6.45) is 1.92. The number of nitrogens with zero attached hydrogens (tertiary/aromatic N) is 4. The first-order chi connectivity index (χ1) is 33.8. The summed E-state index contributed by atoms with van der Waals surface area (Å²) in [6, 6.07) is 67.1. The van der Waals surface area contributed by atoms with Crippen molar-refractivity contribution in [3.63, 3.8) is 0 Å². The standard InChI is InChI=1S/C64H52N4O.Pt/c1-40-29-30-65-61(31-40)68-59-36-46(69-45-18-16-17-43(35-45)66-39-67(58-26-15-14-25-57(58)66)44-33-41(62(2,3)4)32-42(34-44)63(5,6)7)27-28-50(59)52-37-51-49-21-10-13-24-55(49)64(56(51)38-60(52)68)53-22-11-8-19-47(53)48-20-9-12-23-54(48)64;/h8-38H,1-7H3;. The van der Waals surface area contributed by atoms with Gasteiger partial charge in [0.1, 0.15) is 0 Å². The molecular formula is C64H52N4OPt. The zero-order valence-corrected chi connectivity index (χ0v) is 42.7. The minimum absolute atomic E-state index is 0.00933. The molecule has 1 spiro atoms. The minimum Gasteiger partial charge on any atom is -0.0619 e. The third-order valence-electron chi connectivity index (χ3n) is 14.9. The number of para-hydroxylation sites is 2. The Balaban J connectivity index is 0.967. The van der Waals surface area contributed by atoms with Crippen LogP contribution >= 0.6 is 0 Å².